The van der Waals surface area contributed by atoms with Gasteiger partial charge in [0.2, 0.25) is 10.0 Å². The summed E-state index contributed by atoms with van der Waals surface area (Å²) in [5.74, 6) is 0.192. The van der Waals surface area contributed by atoms with Crippen LogP contribution in [-0.4, -0.2) is 41.0 Å². The lowest BCUT2D eigenvalue weighted by Crippen LogP contribution is -2.42. The molecule has 0 saturated carbocycles. The van der Waals surface area contributed by atoms with Crippen molar-refractivity contribution in [2.24, 2.45) is 0 Å². The molecule has 1 aliphatic heterocycles. The monoisotopic (exact) mass is 452 g/mol. The second-order valence-corrected chi connectivity index (χ2v) is 10.1. The van der Waals surface area contributed by atoms with Crippen LogP contribution >= 0.6 is 0 Å². The molecule has 0 radical (unpaired) electrons. The van der Waals surface area contributed by atoms with E-state index in [1.807, 2.05) is 37.3 Å². The summed E-state index contributed by atoms with van der Waals surface area (Å²) in [4.78, 5) is 13.2. The molecule has 8 heteroatoms. The van der Waals surface area contributed by atoms with Crippen molar-refractivity contribution in [3.8, 4) is 0 Å². The van der Waals surface area contributed by atoms with Crippen LogP contribution in [0.3, 0.4) is 0 Å². The van der Waals surface area contributed by atoms with Gasteiger partial charge in [-0.05, 0) is 49.9 Å². The van der Waals surface area contributed by atoms with E-state index in [2.05, 4.69) is 10.4 Å². The van der Waals surface area contributed by atoms with Crippen molar-refractivity contribution in [3.63, 3.8) is 0 Å². The minimum Gasteiger partial charge on any atom is -0.307 e. The van der Waals surface area contributed by atoms with Crippen LogP contribution in [0.4, 0.5) is 5.82 Å². The normalized spacial score (nSPS) is 17.2. The highest BCUT2D eigenvalue weighted by Crippen LogP contribution is 2.26. The van der Waals surface area contributed by atoms with Crippen molar-refractivity contribution in [3.05, 3.63) is 77.5 Å². The predicted octanol–water partition coefficient (Wildman–Crippen LogP) is 4.06. The van der Waals surface area contributed by atoms with Crippen LogP contribution in [-0.2, 0) is 16.6 Å². The molecule has 1 atom stereocenters. The van der Waals surface area contributed by atoms with E-state index in [-0.39, 0.29) is 16.8 Å². The van der Waals surface area contributed by atoms with Crippen molar-refractivity contribution in [1.29, 1.82) is 0 Å². The molecule has 1 N–H and O–H groups in total. The quantitative estimate of drug-likeness (QED) is 0.611. The Morgan fingerprint density at radius 1 is 1.12 bits per heavy atom. The first-order valence-electron chi connectivity index (χ1n) is 10.9. The highest BCUT2D eigenvalue weighted by Gasteiger charge is 2.31. The molecule has 1 saturated heterocycles. The number of nitrogens with zero attached hydrogens (tertiary/aromatic N) is 3. The molecule has 0 bridgehead atoms. The minimum absolute atomic E-state index is 0.0420. The minimum atomic E-state index is -3.66. The van der Waals surface area contributed by atoms with E-state index >= 15 is 0 Å². The number of hydrogen-bond acceptors (Lipinski definition) is 4. The number of aryl methyl sites for hydroxylation is 1. The summed E-state index contributed by atoms with van der Waals surface area (Å²) in [5, 5.41) is 7.19. The average molecular weight is 453 g/mol. The molecule has 1 amide bonds. The summed E-state index contributed by atoms with van der Waals surface area (Å²) in [6.07, 6.45) is 4.37. The summed E-state index contributed by atoms with van der Waals surface area (Å²) < 4.78 is 29.7. The fraction of sp³-hybridized carbons (Fsp3) is 0.333. The third-order valence-corrected chi connectivity index (χ3v) is 7.95. The summed E-state index contributed by atoms with van der Waals surface area (Å²) in [7, 11) is -3.66. The maximum absolute atomic E-state index is 13.2. The van der Waals surface area contributed by atoms with Crippen LogP contribution in [0.15, 0.2) is 65.7 Å². The zero-order chi connectivity index (χ0) is 22.7. The maximum atomic E-state index is 13.2. The predicted molar refractivity (Wildman–Crippen MR) is 124 cm³/mol. The first-order valence-corrected chi connectivity index (χ1v) is 12.3. The molecule has 3 aromatic rings. The molecular weight excluding hydrogens is 424 g/mol. The van der Waals surface area contributed by atoms with Gasteiger partial charge in [-0.2, -0.15) is 9.40 Å². The van der Waals surface area contributed by atoms with Crippen molar-refractivity contribution >= 4 is 21.7 Å². The van der Waals surface area contributed by atoms with Crippen molar-refractivity contribution in [2.75, 3.05) is 11.9 Å². The Balaban J connectivity index is 1.57. The fourth-order valence-electron chi connectivity index (χ4n) is 4.08. The molecule has 7 nitrogen and oxygen atoms in total. The zero-order valence-corrected chi connectivity index (χ0v) is 19.2. The molecule has 2 heterocycles. The van der Waals surface area contributed by atoms with Gasteiger partial charge in [0.1, 0.15) is 5.82 Å². The van der Waals surface area contributed by atoms with Crippen LogP contribution in [0.25, 0.3) is 0 Å². The number of aromatic nitrogens is 2. The van der Waals surface area contributed by atoms with Crippen LogP contribution in [0, 0.1) is 6.92 Å². The number of carbonyl (C=O) groups is 1. The Morgan fingerprint density at radius 2 is 1.91 bits per heavy atom. The van der Waals surface area contributed by atoms with E-state index in [0.717, 1.165) is 24.8 Å². The SMILES string of the molecule is Cc1ccc(S(=O)(=O)N2CCCCC2C)cc1C(=O)Nc1ccnn1Cc1ccccc1. The second kappa shape index (κ2) is 9.26. The highest BCUT2D eigenvalue weighted by molar-refractivity contribution is 7.89. The standard InChI is InChI=1S/C24H28N4O3S/c1-18-11-12-21(32(30,31)28-15-7-6-8-19(28)2)16-22(18)24(29)26-23-13-14-25-27(23)17-20-9-4-3-5-10-20/h3-5,9-14,16,19H,6-8,15,17H2,1-2H3,(H,26,29). The van der Waals surface area contributed by atoms with E-state index in [1.165, 1.54) is 6.07 Å². The van der Waals surface area contributed by atoms with Crippen LogP contribution in [0.1, 0.15) is 47.7 Å². The molecule has 1 fully saturated rings. The molecule has 0 spiro atoms. The summed E-state index contributed by atoms with van der Waals surface area (Å²) in [5.41, 5.74) is 2.11. The lowest BCUT2D eigenvalue weighted by molar-refractivity contribution is 0.102. The van der Waals surface area contributed by atoms with Crippen LogP contribution in [0.2, 0.25) is 0 Å². The first kappa shape index (κ1) is 22.2. The molecule has 32 heavy (non-hydrogen) atoms. The van der Waals surface area contributed by atoms with Gasteiger partial charge in [-0.25, -0.2) is 13.1 Å². The number of rotatable bonds is 6. The van der Waals surface area contributed by atoms with Crippen LogP contribution in [0.5, 0.6) is 0 Å². The van der Waals surface area contributed by atoms with Gasteiger partial charge in [-0.1, -0.05) is 42.8 Å². The number of sulfonamides is 1. The summed E-state index contributed by atoms with van der Waals surface area (Å²) >= 11 is 0. The van der Waals surface area contributed by atoms with Crippen molar-refractivity contribution in [2.45, 2.75) is 50.6 Å². The number of hydrogen-bond donors (Lipinski definition) is 1. The molecule has 0 aliphatic carbocycles. The molecule has 168 valence electrons. The molecule has 1 aromatic heterocycles. The Morgan fingerprint density at radius 3 is 2.66 bits per heavy atom. The van der Waals surface area contributed by atoms with E-state index < -0.39 is 10.0 Å². The Kier molecular flexibility index (Phi) is 6.43. The smallest absolute Gasteiger partial charge is 0.257 e. The Labute approximate surface area is 189 Å². The average Bonchev–Trinajstić information content (AvgIpc) is 3.21. The van der Waals surface area contributed by atoms with Gasteiger partial charge >= 0.3 is 0 Å². The lowest BCUT2D eigenvalue weighted by atomic mass is 10.1. The number of nitrogens with one attached hydrogen (secondary N) is 1. The van der Waals surface area contributed by atoms with E-state index in [0.29, 0.717) is 30.0 Å². The third kappa shape index (κ3) is 4.61. The lowest BCUT2D eigenvalue weighted by Gasteiger charge is -2.32. The third-order valence-electron chi connectivity index (χ3n) is 5.94. The zero-order valence-electron chi connectivity index (χ0n) is 18.4. The van der Waals surface area contributed by atoms with Gasteiger partial charge < -0.3 is 5.32 Å². The topological polar surface area (TPSA) is 84.3 Å². The molecule has 1 unspecified atom stereocenters. The van der Waals surface area contributed by atoms with E-state index in [1.54, 1.807) is 40.3 Å². The van der Waals surface area contributed by atoms with Crippen LogP contribution < -0.4 is 5.32 Å². The number of carbonyl (C=O) groups excluding carboxylic acids is 1. The molecule has 2 aromatic carbocycles. The van der Waals surface area contributed by atoms with E-state index in [9.17, 15) is 13.2 Å². The number of piperidine rings is 1. The van der Waals surface area contributed by atoms with Gasteiger partial charge in [-0.3, -0.25) is 4.79 Å². The van der Waals surface area contributed by atoms with E-state index in [4.69, 9.17) is 0 Å². The van der Waals surface area contributed by atoms with Gasteiger partial charge in [-0.15, -0.1) is 0 Å². The number of amides is 1. The highest BCUT2D eigenvalue weighted by atomic mass is 32.2. The number of benzene rings is 2. The maximum Gasteiger partial charge on any atom is 0.257 e. The fourth-order valence-corrected chi connectivity index (χ4v) is 5.80. The van der Waals surface area contributed by atoms with Crippen molar-refractivity contribution < 1.29 is 13.2 Å². The van der Waals surface area contributed by atoms with Gasteiger partial charge in [0.15, 0.2) is 0 Å². The number of anilines is 1. The van der Waals surface area contributed by atoms with Gasteiger partial charge in [0.25, 0.3) is 5.91 Å². The largest absolute Gasteiger partial charge is 0.307 e. The first-order chi connectivity index (χ1) is 15.4. The Hall–Kier alpha value is -2.97. The Bertz CT molecular complexity index is 1200. The summed E-state index contributed by atoms with van der Waals surface area (Å²) in [6, 6.07) is 16.3. The van der Waals surface area contributed by atoms with Gasteiger partial charge in [0.05, 0.1) is 17.6 Å². The second-order valence-electron chi connectivity index (χ2n) is 8.25. The van der Waals surface area contributed by atoms with Gasteiger partial charge in [0, 0.05) is 24.2 Å². The summed E-state index contributed by atoms with van der Waals surface area (Å²) in [6.45, 7) is 4.77. The molecule has 1 aliphatic rings. The molecule has 4 rings (SSSR count). The van der Waals surface area contributed by atoms with Crippen molar-refractivity contribution in [1.82, 2.24) is 14.1 Å². The molecular formula is C24H28N4O3S.